The van der Waals surface area contributed by atoms with Crippen molar-refractivity contribution >= 4 is 23.5 Å². The van der Waals surface area contributed by atoms with Crippen LogP contribution in [0.15, 0.2) is 25.6 Å². The highest BCUT2D eigenvalue weighted by Crippen LogP contribution is 2.40. The van der Waals surface area contributed by atoms with Crippen molar-refractivity contribution in [2.24, 2.45) is 5.92 Å². The maximum atomic E-state index is 13.2. The summed E-state index contributed by atoms with van der Waals surface area (Å²) >= 11 is 0. The van der Waals surface area contributed by atoms with E-state index in [1.54, 1.807) is 6.20 Å². The lowest BCUT2D eigenvalue weighted by Crippen LogP contribution is -2.25. The van der Waals surface area contributed by atoms with Crippen LogP contribution in [0.2, 0.25) is 0 Å². The molecule has 0 aromatic carbocycles. The number of pyridine rings is 1. The number of amides is 1. The molecule has 164 valence electrons. The van der Waals surface area contributed by atoms with Crippen molar-refractivity contribution in [1.82, 2.24) is 4.98 Å². The minimum absolute atomic E-state index is 0.119. The zero-order chi connectivity index (χ0) is 21.2. The third-order valence-corrected chi connectivity index (χ3v) is 6.85. The van der Waals surface area contributed by atoms with E-state index in [4.69, 9.17) is 0 Å². The predicted molar refractivity (Wildman–Crippen MR) is 128 cm³/mol. The van der Waals surface area contributed by atoms with Gasteiger partial charge in [-0.1, -0.05) is 83.4 Å². The Labute approximate surface area is 182 Å². The second kappa shape index (κ2) is 11.9. The molecule has 0 unspecified atom stereocenters. The van der Waals surface area contributed by atoms with Crippen LogP contribution in [0.25, 0.3) is 6.08 Å². The quantitative estimate of drug-likeness (QED) is 0.514. The molecule has 0 aliphatic heterocycles. The van der Waals surface area contributed by atoms with Gasteiger partial charge in [0.25, 0.3) is 0 Å². The molecule has 3 rings (SSSR count). The fourth-order valence-electron chi connectivity index (χ4n) is 5.20. The average molecular weight is 410 g/mol. The second-order valence-electron chi connectivity index (χ2n) is 8.97. The summed E-state index contributed by atoms with van der Waals surface area (Å²) < 4.78 is 0. The summed E-state index contributed by atoms with van der Waals surface area (Å²) in [6.07, 6.45) is 22.2. The van der Waals surface area contributed by atoms with Crippen LogP contribution in [0.4, 0.5) is 11.5 Å². The lowest BCUT2D eigenvalue weighted by molar-refractivity contribution is -0.120. The number of aromatic nitrogens is 1. The normalized spacial score (nSPS) is 19.6. The maximum Gasteiger partial charge on any atom is 0.227 e. The van der Waals surface area contributed by atoms with Crippen molar-refractivity contribution in [3.8, 4) is 0 Å². The van der Waals surface area contributed by atoms with Gasteiger partial charge in [0.1, 0.15) is 5.82 Å². The van der Waals surface area contributed by atoms with Crippen LogP contribution in [0.3, 0.4) is 0 Å². The molecular weight excluding hydrogens is 370 g/mol. The highest BCUT2D eigenvalue weighted by Gasteiger charge is 2.25. The number of nitrogens with zero attached hydrogens (tertiary/aromatic N) is 1. The molecule has 0 saturated heterocycles. The van der Waals surface area contributed by atoms with E-state index in [1.165, 1.54) is 56.9 Å². The zero-order valence-corrected chi connectivity index (χ0v) is 18.6. The number of carbonyl (C=O) groups excluding carboxylic acids is 1. The predicted octanol–water partition coefficient (Wildman–Crippen LogP) is 7.41. The smallest absolute Gasteiger partial charge is 0.227 e. The Morgan fingerprint density at radius 1 is 0.900 bits per heavy atom. The fourth-order valence-corrected chi connectivity index (χ4v) is 5.20. The van der Waals surface area contributed by atoms with Crippen LogP contribution < -0.4 is 10.6 Å². The summed E-state index contributed by atoms with van der Waals surface area (Å²) in [6.45, 7) is 7.87. The summed E-state index contributed by atoms with van der Waals surface area (Å²) in [6, 6.07) is 0. The molecule has 1 aromatic rings. The van der Waals surface area contributed by atoms with Crippen LogP contribution >= 0.6 is 0 Å². The first-order valence-electron chi connectivity index (χ1n) is 12.1. The minimum Gasteiger partial charge on any atom is -0.347 e. The third-order valence-electron chi connectivity index (χ3n) is 6.85. The molecule has 0 radical (unpaired) electrons. The lowest BCUT2D eigenvalue weighted by atomic mass is 9.83. The Bertz CT molecular complexity index is 711. The van der Waals surface area contributed by atoms with E-state index in [2.05, 4.69) is 28.8 Å². The maximum absolute atomic E-state index is 13.2. The van der Waals surface area contributed by atoms with Gasteiger partial charge >= 0.3 is 0 Å². The van der Waals surface area contributed by atoms with Gasteiger partial charge in [-0.15, -0.1) is 0 Å². The molecule has 2 N–H and O–H groups in total. The highest BCUT2D eigenvalue weighted by molar-refractivity contribution is 5.94. The number of anilines is 2. The van der Waals surface area contributed by atoms with Crippen molar-refractivity contribution < 1.29 is 4.79 Å². The summed E-state index contributed by atoms with van der Waals surface area (Å²) in [5, 5.41) is 6.47. The molecule has 0 spiro atoms. The van der Waals surface area contributed by atoms with Crippen molar-refractivity contribution in [3.63, 3.8) is 0 Å². The Morgan fingerprint density at radius 2 is 1.47 bits per heavy atom. The van der Waals surface area contributed by atoms with E-state index in [1.807, 2.05) is 12.3 Å². The molecule has 30 heavy (non-hydrogen) atoms. The molecule has 2 aliphatic carbocycles. The number of hydrogen-bond donors (Lipinski definition) is 2. The van der Waals surface area contributed by atoms with Crippen molar-refractivity contribution in [2.75, 3.05) is 10.6 Å². The molecule has 0 atom stereocenters. The zero-order valence-electron chi connectivity index (χ0n) is 18.6. The third kappa shape index (κ3) is 5.96. The summed E-state index contributed by atoms with van der Waals surface area (Å²) in [5.41, 5.74) is 3.11. The summed E-state index contributed by atoms with van der Waals surface area (Å²) in [7, 11) is 0. The first kappa shape index (κ1) is 22.6. The van der Waals surface area contributed by atoms with Crippen molar-refractivity contribution in [3.05, 3.63) is 36.7 Å². The molecule has 1 heterocycles. The first-order valence-corrected chi connectivity index (χ1v) is 12.1. The molecule has 2 aliphatic rings. The Balaban J connectivity index is 1.90. The van der Waals surface area contributed by atoms with Crippen molar-refractivity contribution in [1.29, 1.82) is 0 Å². The molecule has 2 saturated carbocycles. The number of carbonyl (C=O) groups is 1. The van der Waals surface area contributed by atoms with Gasteiger partial charge in [0, 0.05) is 11.5 Å². The summed E-state index contributed by atoms with van der Waals surface area (Å²) in [4.78, 5) is 17.8. The largest absolute Gasteiger partial charge is 0.347 e. The van der Waals surface area contributed by atoms with E-state index >= 15 is 0 Å². The minimum atomic E-state index is 0.119. The molecule has 0 bridgehead atoms. The van der Waals surface area contributed by atoms with Gasteiger partial charge in [-0.25, -0.2) is 4.98 Å². The topological polar surface area (TPSA) is 54.0 Å². The number of hydrogen-bond acceptors (Lipinski definition) is 3. The Morgan fingerprint density at radius 3 is 2.03 bits per heavy atom. The lowest BCUT2D eigenvalue weighted by Gasteiger charge is -2.27. The molecule has 4 nitrogen and oxygen atoms in total. The van der Waals surface area contributed by atoms with Gasteiger partial charge in [0.2, 0.25) is 5.91 Å². The number of nitrogens with one attached hydrogen (secondary N) is 2. The number of rotatable bonds is 6. The highest BCUT2D eigenvalue weighted by atomic mass is 16.1. The van der Waals surface area contributed by atoms with Crippen molar-refractivity contribution in [2.45, 2.75) is 95.8 Å². The molecular formula is C26H39N3O. The molecule has 1 amide bonds. The van der Waals surface area contributed by atoms with Crippen LogP contribution in [0.1, 0.15) is 107 Å². The van der Waals surface area contributed by atoms with Gasteiger partial charge in [-0.05, 0) is 43.4 Å². The van der Waals surface area contributed by atoms with E-state index < -0.39 is 0 Å². The summed E-state index contributed by atoms with van der Waals surface area (Å²) in [5.74, 6) is 1.50. The van der Waals surface area contributed by atoms with Crippen LogP contribution in [0.5, 0.6) is 0 Å². The van der Waals surface area contributed by atoms with Gasteiger partial charge in [0.05, 0.1) is 11.9 Å². The van der Waals surface area contributed by atoms with Crippen LogP contribution in [-0.2, 0) is 4.79 Å². The molecule has 1 aromatic heterocycles. The standard InChI is InChI=1S/C26H39N3O/c1-3-22-24(20-15-11-7-5-8-12-16-20)23(19-28-25(22)27-4-2)29-26(30)21-17-13-9-6-10-14-18-21/h3-4,19-21H,1-2,5-18H2,(H,27,28)(H,29,30). The van der Waals surface area contributed by atoms with Gasteiger partial charge in [0.15, 0.2) is 0 Å². The monoisotopic (exact) mass is 409 g/mol. The fraction of sp³-hybridized carbons (Fsp3) is 0.615. The average Bonchev–Trinajstić information content (AvgIpc) is 2.69. The van der Waals surface area contributed by atoms with Gasteiger partial charge in [-0.3, -0.25) is 4.79 Å². The second-order valence-corrected chi connectivity index (χ2v) is 8.97. The Hall–Kier alpha value is -2.10. The first-order chi connectivity index (χ1) is 14.7. The Kier molecular flexibility index (Phi) is 8.98. The molecule has 4 heteroatoms. The van der Waals surface area contributed by atoms with E-state index in [0.717, 1.165) is 55.6 Å². The van der Waals surface area contributed by atoms with Crippen LogP contribution in [-0.4, -0.2) is 10.9 Å². The molecule has 2 fully saturated rings. The SMILES string of the molecule is C=CNc1ncc(NC(=O)C2CCCCCCC2)c(C2CCCCCCC2)c1C=C. The van der Waals surface area contributed by atoms with Gasteiger partial charge < -0.3 is 10.6 Å². The van der Waals surface area contributed by atoms with E-state index in [9.17, 15) is 4.79 Å². The van der Waals surface area contributed by atoms with Gasteiger partial charge in [-0.2, -0.15) is 0 Å². The van der Waals surface area contributed by atoms with E-state index in [0.29, 0.717) is 5.92 Å². The van der Waals surface area contributed by atoms with Crippen LogP contribution in [0, 0.1) is 5.92 Å². The van der Waals surface area contributed by atoms with E-state index in [-0.39, 0.29) is 11.8 Å².